The zero-order valence-corrected chi connectivity index (χ0v) is 12.3. The van der Waals surface area contributed by atoms with Crippen molar-refractivity contribution in [2.24, 2.45) is 7.05 Å². The third kappa shape index (κ3) is 2.61. The van der Waals surface area contributed by atoms with Gasteiger partial charge in [-0.2, -0.15) is 5.10 Å². The van der Waals surface area contributed by atoms with Gasteiger partial charge in [-0.1, -0.05) is 0 Å². The Bertz CT molecular complexity index is 651. The van der Waals surface area contributed by atoms with Gasteiger partial charge in [0.05, 0.1) is 17.8 Å². The Balaban J connectivity index is 1.86. The lowest BCUT2D eigenvalue weighted by Gasteiger charge is -2.24. The summed E-state index contributed by atoms with van der Waals surface area (Å²) in [7, 11) is 3.67. The first-order chi connectivity index (χ1) is 10.2. The summed E-state index contributed by atoms with van der Waals surface area (Å²) >= 11 is 0. The second-order valence-corrected chi connectivity index (χ2v) is 5.28. The molecule has 0 bridgehead atoms. The lowest BCUT2D eigenvalue weighted by molar-refractivity contribution is 0.0735. The van der Waals surface area contributed by atoms with E-state index in [1.54, 1.807) is 23.3 Å². The number of nitrogens with one attached hydrogen (secondary N) is 1. The van der Waals surface area contributed by atoms with Crippen LogP contribution >= 0.6 is 0 Å². The first-order valence-electron chi connectivity index (χ1n) is 7.12. The monoisotopic (exact) mass is 285 g/mol. The topological polar surface area (TPSA) is 63.1 Å². The van der Waals surface area contributed by atoms with Crippen molar-refractivity contribution < 1.29 is 4.79 Å². The highest BCUT2D eigenvalue weighted by Gasteiger charge is 2.31. The number of aryl methyl sites for hydroxylation is 1. The van der Waals surface area contributed by atoms with Crippen molar-refractivity contribution in [2.75, 3.05) is 18.9 Å². The summed E-state index contributed by atoms with van der Waals surface area (Å²) in [6.45, 7) is 0.787. The Morgan fingerprint density at radius 1 is 1.48 bits per heavy atom. The summed E-state index contributed by atoms with van der Waals surface area (Å²) in [4.78, 5) is 18.8. The summed E-state index contributed by atoms with van der Waals surface area (Å²) in [6, 6.07) is 4.12. The number of rotatable bonds is 3. The Labute approximate surface area is 123 Å². The molecular weight excluding hydrogens is 266 g/mol. The number of anilines is 1. The fourth-order valence-corrected chi connectivity index (χ4v) is 2.84. The van der Waals surface area contributed by atoms with Crippen molar-refractivity contribution in [2.45, 2.75) is 18.9 Å². The average molecular weight is 285 g/mol. The van der Waals surface area contributed by atoms with Gasteiger partial charge in [0.25, 0.3) is 5.91 Å². The number of carbonyl (C=O) groups excluding carboxylic acids is 1. The molecule has 0 aliphatic carbocycles. The molecular formula is C15H19N5O. The highest BCUT2D eigenvalue weighted by molar-refractivity contribution is 5.94. The van der Waals surface area contributed by atoms with E-state index in [1.165, 1.54) is 0 Å². The molecule has 2 aromatic rings. The number of hydrogen-bond donors (Lipinski definition) is 1. The molecule has 2 aromatic heterocycles. The number of amides is 1. The molecule has 0 spiro atoms. The van der Waals surface area contributed by atoms with E-state index in [1.807, 2.05) is 31.1 Å². The fraction of sp³-hybridized carbons (Fsp3) is 0.400. The van der Waals surface area contributed by atoms with E-state index >= 15 is 0 Å². The normalized spacial score (nSPS) is 18.0. The van der Waals surface area contributed by atoms with Crippen molar-refractivity contribution >= 4 is 11.7 Å². The molecule has 1 atom stereocenters. The van der Waals surface area contributed by atoms with Crippen LogP contribution in [-0.4, -0.2) is 39.2 Å². The molecule has 1 N–H and O–H groups in total. The predicted molar refractivity (Wildman–Crippen MR) is 80.0 cm³/mol. The zero-order valence-electron chi connectivity index (χ0n) is 12.3. The Hall–Kier alpha value is -2.37. The first kappa shape index (κ1) is 13.6. The third-order valence-electron chi connectivity index (χ3n) is 3.89. The fourth-order valence-electron chi connectivity index (χ4n) is 2.84. The van der Waals surface area contributed by atoms with Gasteiger partial charge in [0.2, 0.25) is 0 Å². The molecule has 3 rings (SSSR count). The summed E-state index contributed by atoms with van der Waals surface area (Å²) in [5.74, 6) is 0.876. The van der Waals surface area contributed by atoms with Crippen LogP contribution in [0.1, 0.15) is 34.8 Å². The molecule has 1 unspecified atom stereocenters. The second kappa shape index (κ2) is 5.55. The van der Waals surface area contributed by atoms with Gasteiger partial charge < -0.3 is 10.2 Å². The number of aromatic nitrogens is 3. The molecule has 6 nitrogen and oxygen atoms in total. The zero-order chi connectivity index (χ0) is 14.8. The summed E-state index contributed by atoms with van der Waals surface area (Å²) in [6.07, 6.45) is 7.19. The molecule has 110 valence electrons. The lowest BCUT2D eigenvalue weighted by atomic mass is 10.1. The maximum Gasteiger partial charge on any atom is 0.257 e. The maximum absolute atomic E-state index is 12.6. The van der Waals surface area contributed by atoms with E-state index in [4.69, 9.17) is 0 Å². The number of hydrogen-bond acceptors (Lipinski definition) is 4. The van der Waals surface area contributed by atoms with Crippen molar-refractivity contribution in [1.29, 1.82) is 0 Å². The number of likely N-dealkylation sites (tertiary alicyclic amines) is 1. The Kier molecular flexibility index (Phi) is 3.60. The molecule has 3 heterocycles. The Morgan fingerprint density at radius 3 is 3.05 bits per heavy atom. The first-order valence-corrected chi connectivity index (χ1v) is 7.12. The van der Waals surface area contributed by atoms with Crippen LogP contribution in [0.15, 0.2) is 30.7 Å². The maximum atomic E-state index is 12.6. The van der Waals surface area contributed by atoms with Crippen molar-refractivity contribution in [3.8, 4) is 0 Å². The van der Waals surface area contributed by atoms with Gasteiger partial charge in [-0.25, -0.2) is 4.98 Å². The van der Waals surface area contributed by atoms with Crippen LogP contribution in [0.4, 0.5) is 5.82 Å². The smallest absolute Gasteiger partial charge is 0.257 e. The van der Waals surface area contributed by atoms with E-state index in [2.05, 4.69) is 15.4 Å². The van der Waals surface area contributed by atoms with Crippen LogP contribution < -0.4 is 5.32 Å². The van der Waals surface area contributed by atoms with Crippen molar-refractivity contribution in [3.63, 3.8) is 0 Å². The van der Waals surface area contributed by atoms with Crippen LogP contribution in [0.5, 0.6) is 0 Å². The van der Waals surface area contributed by atoms with Gasteiger partial charge in [-0.3, -0.25) is 9.48 Å². The summed E-state index contributed by atoms with van der Waals surface area (Å²) in [5.41, 5.74) is 1.77. The lowest BCUT2D eigenvalue weighted by Crippen LogP contribution is -2.30. The van der Waals surface area contributed by atoms with E-state index < -0.39 is 0 Å². The number of nitrogens with zero attached hydrogens (tertiary/aromatic N) is 4. The van der Waals surface area contributed by atoms with Gasteiger partial charge in [-0.05, 0) is 30.5 Å². The van der Waals surface area contributed by atoms with Gasteiger partial charge in [0.15, 0.2) is 0 Å². The van der Waals surface area contributed by atoms with Crippen LogP contribution in [0.2, 0.25) is 0 Å². The van der Waals surface area contributed by atoms with E-state index in [0.29, 0.717) is 5.56 Å². The highest BCUT2D eigenvalue weighted by atomic mass is 16.2. The van der Waals surface area contributed by atoms with Crippen LogP contribution in [-0.2, 0) is 7.05 Å². The van der Waals surface area contributed by atoms with Gasteiger partial charge in [0.1, 0.15) is 5.82 Å². The largest absolute Gasteiger partial charge is 0.373 e. The standard InChI is InChI=1S/C15H19N5O/c1-16-14-8-11(5-6-17-14)13-4-3-7-20(13)15(21)12-9-18-19(2)10-12/h5-6,8-10,13H,3-4,7H2,1-2H3,(H,16,17). The van der Waals surface area contributed by atoms with Gasteiger partial charge in [0, 0.05) is 33.0 Å². The Morgan fingerprint density at radius 2 is 2.33 bits per heavy atom. The minimum atomic E-state index is 0.0495. The van der Waals surface area contributed by atoms with E-state index in [0.717, 1.165) is 30.8 Å². The molecule has 0 radical (unpaired) electrons. The van der Waals surface area contributed by atoms with Gasteiger partial charge in [-0.15, -0.1) is 0 Å². The minimum Gasteiger partial charge on any atom is -0.373 e. The summed E-state index contributed by atoms with van der Waals surface area (Å²) < 4.78 is 1.66. The van der Waals surface area contributed by atoms with E-state index in [9.17, 15) is 4.79 Å². The quantitative estimate of drug-likeness (QED) is 0.934. The van der Waals surface area contributed by atoms with Crippen LogP contribution in [0.25, 0.3) is 0 Å². The average Bonchev–Trinajstić information content (AvgIpc) is 3.15. The predicted octanol–water partition coefficient (Wildman–Crippen LogP) is 1.83. The number of carbonyl (C=O) groups is 1. The molecule has 6 heteroatoms. The van der Waals surface area contributed by atoms with Crippen molar-refractivity contribution in [3.05, 3.63) is 41.9 Å². The molecule has 21 heavy (non-hydrogen) atoms. The minimum absolute atomic E-state index is 0.0495. The molecule has 1 aliphatic heterocycles. The van der Waals surface area contributed by atoms with Gasteiger partial charge >= 0.3 is 0 Å². The SMILES string of the molecule is CNc1cc(C2CCCN2C(=O)c2cnn(C)c2)ccn1. The second-order valence-electron chi connectivity index (χ2n) is 5.28. The highest BCUT2D eigenvalue weighted by Crippen LogP contribution is 2.33. The molecule has 1 amide bonds. The van der Waals surface area contributed by atoms with E-state index in [-0.39, 0.29) is 11.9 Å². The third-order valence-corrected chi connectivity index (χ3v) is 3.89. The number of pyridine rings is 1. The van der Waals surface area contributed by atoms with Crippen molar-refractivity contribution in [1.82, 2.24) is 19.7 Å². The molecule has 1 fully saturated rings. The molecule has 0 saturated carbocycles. The molecule has 1 saturated heterocycles. The summed E-state index contributed by atoms with van der Waals surface area (Å²) in [5, 5.41) is 7.13. The van der Waals surface area contributed by atoms with Crippen LogP contribution in [0, 0.1) is 0 Å². The molecule has 0 aromatic carbocycles. The van der Waals surface area contributed by atoms with Crippen LogP contribution in [0.3, 0.4) is 0 Å². The molecule has 1 aliphatic rings.